The van der Waals surface area contributed by atoms with Crippen molar-refractivity contribution in [2.45, 2.75) is 32.4 Å². The Morgan fingerprint density at radius 3 is 2.48 bits per heavy atom. The Bertz CT molecular complexity index is 906. The number of anilines is 1. The van der Waals surface area contributed by atoms with Crippen LogP contribution < -0.4 is 5.32 Å². The van der Waals surface area contributed by atoms with E-state index in [-0.39, 0.29) is 18.2 Å². The monoisotopic (exact) mass is 381 g/mol. The second-order valence-corrected chi connectivity index (χ2v) is 7.98. The summed E-state index contributed by atoms with van der Waals surface area (Å²) in [6.45, 7) is 6.00. The Labute approximate surface area is 163 Å². The van der Waals surface area contributed by atoms with Gasteiger partial charge in [0.2, 0.25) is 11.8 Å². The summed E-state index contributed by atoms with van der Waals surface area (Å²) in [5.41, 5.74) is 4.88. The first-order valence-corrected chi connectivity index (χ1v) is 9.68. The Balaban J connectivity index is 1.70. The highest BCUT2D eigenvalue weighted by Crippen LogP contribution is 2.32. The first kappa shape index (κ1) is 19.2. The number of carbonyl (C=O) groups excluding carboxylic acids is 2. The predicted octanol–water partition coefficient (Wildman–Crippen LogP) is 4.20. The molecule has 1 aliphatic heterocycles. The lowest BCUT2D eigenvalue weighted by Gasteiger charge is -2.10. The summed E-state index contributed by atoms with van der Waals surface area (Å²) >= 11 is 1.34. The quantitative estimate of drug-likeness (QED) is 0.863. The molecule has 2 aromatic rings. The number of hydrogen-bond donors (Lipinski definition) is 1. The van der Waals surface area contributed by atoms with E-state index in [1.54, 1.807) is 7.05 Å². The van der Waals surface area contributed by atoms with Crippen molar-refractivity contribution in [1.29, 1.82) is 0 Å². The van der Waals surface area contributed by atoms with E-state index in [1.807, 2.05) is 63.2 Å². The van der Waals surface area contributed by atoms with Gasteiger partial charge >= 0.3 is 0 Å². The van der Waals surface area contributed by atoms with E-state index in [9.17, 15) is 9.59 Å². The minimum Gasteiger partial charge on any atom is -0.326 e. The van der Waals surface area contributed by atoms with Crippen molar-refractivity contribution in [1.82, 2.24) is 4.90 Å². The number of carbonyl (C=O) groups is 2. The number of aliphatic imine (C=N–C) groups is 1. The van der Waals surface area contributed by atoms with Gasteiger partial charge in [0.1, 0.15) is 5.25 Å². The van der Waals surface area contributed by atoms with Crippen LogP contribution in [0.2, 0.25) is 0 Å². The lowest BCUT2D eigenvalue weighted by atomic mass is 10.1. The van der Waals surface area contributed by atoms with Crippen LogP contribution in [0.3, 0.4) is 0 Å². The average Bonchev–Trinajstić information content (AvgIpc) is 2.88. The number of amides is 2. The molecule has 5 nitrogen and oxygen atoms in total. The molecule has 140 valence electrons. The van der Waals surface area contributed by atoms with Gasteiger partial charge in [-0.25, -0.2) is 4.99 Å². The summed E-state index contributed by atoms with van der Waals surface area (Å²) in [5.74, 6) is -0.269. The molecule has 0 radical (unpaired) electrons. The molecule has 2 aromatic carbocycles. The molecular weight excluding hydrogens is 358 g/mol. The third-order valence-electron chi connectivity index (χ3n) is 4.43. The fraction of sp³-hybridized carbons (Fsp3) is 0.286. The Hall–Kier alpha value is -2.60. The van der Waals surface area contributed by atoms with Gasteiger partial charge in [-0.05, 0) is 50.1 Å². The van der Waals surface area contributed by atoms with Gasteiger partial charge in [-0.1, -0.05) is 41.6 Å². The molecule has 27 heavy (non-hydrogen) atoms. The maximum atomic E-state index is 12.5. The van der Waals surface area contributed by atoms with Gasteiger partial charge in [0.25, 0.3) is 0 Å². The second-order valence-electron chi connectivity index (χ2n) is 6.81. The standard InChI is InChI=1S/C21H23N3O2S/c1-13-6-9-16(10-7-13)22-19(25)12-18-20(26)24(4)21(27-18)23-17-11-14(2)5-8-15(17)3/h5-11,18H,12H2,1-4H3,(H,22,25). The van der Waals surface area contributed by atoms with Crippen LogP contribution in [-0.2, 0) is 9.59 Å². The van der Waals surface area contributed by atoms with Crippen molar-refractivity contribution < 1.29 is 9.59 Å². The topological polar surface area (TPSA) is 61.8 Å². The molecule has 1 saturated heterocycles. The van der Waals surface area contributed by atoms with Crippen LogP contribution in [0.5, 0.6) is 0 Å². The minimum atomic E-state index is -0.454. The summed E-state index contributed by atoms with van der Waals surface area (Å²) in [6, 6.07) is 13.6. The summed E-state index contributed by atoms with van der Waals surface area (Å²) < 4.78 is 0. The van der Waals surface area contributed by atoms with Crippen molar-refractivity contribution in [3.63, 3.8) is 0 Å². The van der Waals surface area contributed by atoms with E-state index in [2.05, 4.69) is 10.3 Å². The number of rotatable bonds is 4. The number of hydrogen-bond acceptors (Lipinski definition) is 4. The summed E-state index contributed by atoms with van der Waals surface area (Å²) in [7, 11) is 1.71. The number of aryl methyl sites for hydroxylation is 3. The Morgan fingerprint density at radius 2 is 1.78 bits per heavy atom. The molecule has 0 spiro atoms. The van der Waals surface area contributed by atoms with E-state index >= 15 is 0 Å². The van der Waals surface area contributed by atoms with Gasteiger partial charge in [0, 0.05) is 19.2 Å². The molecule has 6 heteroatoms. The first-order valence-electron chi connectivity index (χ1n) is 8.80. The Morgan fingerprint density at radius 1 is 1.11 bits per heavy atom. The normalized spacial score (nSPS) is 18.2. The maximum Gasteiger partial charge on any atom is 0.242 e. The van der Waals surface area contributed by atoms with Gasteiger partial charge in [-0.3, -0.25) is 14.5 Å². The van der Waals surface area contributed by atoms with E-state index in [1.165, 1.54) is 16.7 Å². The third-order valence-corrected chi connectivity index (χ3v) is 5.66. The molecule has 2 amide bonds. The van der Waals surface area contributed by atoms with Crippen molar-refractivity contribution in [3.8, 4) is 0 Å². The van der Waals surface area contributed by atoms with Gasteiger partial charge in [0.15, 0.2) is 5.17 Å². The van der Waals surface area contributed by atoms with Crippen LogP contribution in [0.15, 0.2) is 47.5 Å². The van der Waals surface area contributed by atoms with Crippen LogP contribution in [0, 0.1) is 20.8 Å². The molecule has 0 aromatic heterocycles. The second kappa shape index (κ2) is 7.96. The van der Waals surface area contributed by atoms with Crippen LogP contribution in [0.25, 0.3) is 0 Å². The average molecular weight is 382 g/mol. The molecule has 3 rings (SSSR count). The fourth-order valence-electron chi connectivity index (χ4n) is 2.76. The molecule has 0 saturated carbocycles. The molecular formula is C21H23N3O2S. The van der Waals surface area contributed by atoms with Gasteiger partial charge in [-0.15, -0.1) is 0 Å². The lowest BCUT2D eigenvalue weighted by molar-refractivity contribution is -0.127. The molecule has 1 aliphatic rings. The van der Waals surface area contributed by atoms with E-state index < -0.39 is 5.25 Å². The molecule has 0 aliphatic carbocycles. The van der Waals surface area contributed by atoms with E-state index in [4.69, 9.17) is 0 Å². The molecule has 1 N–H and O–H groups in total. The fourth-order valence-corrected chi connectivity index (χ4v) is 3.90. The van der Waals surface area contributed by atoms with Crippen molar-refractivity contribution >= 4 is 40.1 Å². The van der Waals surface area contributed by atoms with Crippen LogP contribution >= 0.6 is 11.8 Å². The molecule has 1 fully saturated rings. The molecule has 1 heterocycles. The van der Waals surface area contributed by atoms with Crippen LogP contribution in [0.4, 0.5) is 11.4 Å². The highest BCUT2D eigenvalue weighted by atomic mass is 32.2. The number of nitrogens with one attached hydrogen (secondary N) is 1. The minimum absolute atomic E-state index is 0.0943. The maximum absolute atomic E-state index is 12.5. The largest absolute Gasteiger partial charge is 0.326 e. The van der Waals surface area contributed by atoms with Crippen LogP contribution in [0.1, 0.15) is 23.1 Å². The number of amidine groups is 1. The zero-order valence-electron chi connectivity index (χ0n) is 15.9. The van der Waals surface area contributed by atoms with Crippen molar-refractivity contribution in [2.75, 3.05) is 12.4 Å². The SMILES string of the molecule is Cc1ccc(NC(=O)CC2SC(=Nc3cc(C)ccc3C)N(C)C2=O)cc1. The Kier molecular flexibility index (Phi) is 5.65. The van der Waals surface area contributed by atoms with Crippen molar-refractivity contribution in [3.05, 3.63) is 59.2 Å². The molecule has 1 unspecified atom stereocenters. The summed E-state index contributed by atoms with van der Waals surface area (Å²) in [6.07, 6.45) is 0.119. The zero-order valence-corrected chi connectivity index (χ0v) is 16.8. The van der Waals surface area contributed by atoms with E-state index in [0.717, 1.165) is 28.1 Å². The molecule has 1 atom stereocenters. The van der Waals surface area contributed by atoms with Gasteiger partial charge in [-0.2, -0.15) is 0 Å². The molecule has 0 bridgehead atoms. The number of nitrogens with zero attached hydrogens (tertiary/aromatic N) is 2. The smallest absolute Gasteiger partial charge is 0.242 e. The van der Waals surface area contributed by atoms with Gasteiger partial charge in [0.05, 0.1) is 5.69 Å². The first-order chi connectivity index (χ1) is 12.8. The lowest BCUT2D eigenvalue weighted by Crippen LogP contribution is -2.30. The number of thioether (sulfide) groups is 1. The zero-order chi connectivity index (χ0) is 19.6. The van der Waals surface area contributed by atoms with Gasteiger partial charge < -0.3 is 5.32 Å². The van der Waals surface area contributed by atoms with Crippen molar-refractivity contribution in [2.24, 2.45) is 4.99 Å². The predicted molar refractivity (Wildman–Crippen MR) is 112 cm³/mol. The number of benzene rings is 2. The highest BCUT2D eigenvalue weighted by Gasteiger charge is 2.37. The highest BCUT2D eigenvalue weighted by molar-refractivity contribution is 8.15. The summed E-state index contributed by atoms with van der Waals surface area (Å²) in [5, 5.41) is 3.02. The van der Waals surface area contributed by atoms with E-state index in [0.29, 0.717) is 5.17 Å². The van der Waals surface area contributed by atoms with Crippen LogP contribution in [-0.4, -0.2) is 34.2 Å². The third kappa shape index (κ3) is 4.57. The summed E-state index contributed by atoms with van der Waals surface area (Å²) in [4.78, 5) is 31.1.